The number of rotatable bonds is 2. The molecule has 1 aromatic heterocycles. The van der Waals surface area contributed by atoms with Gasteiger partial charge in [-0.05, 0) is 26.3 Å². The van der Waals surface area contributed by atoms with Crippen LogP contribution in [0.3, 0.4) is 0 Å². The minimum atomic E-state index is 0.534. The highest BCUT2D eigenvalue weighted by Gasteiger charge is 2.12. The highest BCUT2D eigenvalue weighted by atomic mass is 32.2. The molecule has 1 fully saturated rings. The minimum absolute atomic E-state index is 0.534. The van der Waals surface area contributed by atoms with Crippen molar-refractivity contribution < 1.29 is 0 Å². The molecule has 16 heavy (non-hydrogen) atoms. The summed E-state index contributed by atoms with van der Waals surface area (Å²) in [6, 6.07) is 2.45. The fraction of sp³-hybridized carbons (Fsp3) is 0.545. The van der Waals surface area contributed by atoms with Gasteiger partial charge >= 0.3 is 0 Å². The summed E-state index contributed by atoms with van der Waals surface area (Å²) in [5.74, 6) is 1.95. The zero-order chi connectivity index (χ0) is 11.4. The molecule has 1 saturated heterocycles. The second-order valence-electron chi connectivity index (χ2n) is 3.90. The van der Waals surface area contributed by atoms with Crippen molar-refractivity contribution in [2.45, 2.75) is 32.9 Å². The molecular formula is C11H16N4S. The van der Waals surface area contributed by atoms with Crippen LogP contribution in [-0.4, -0.2) is 26.9 Å². The molecule has 0 radical (unpaired) electrons. The molecule has 1 aliphatic heterocycles. The standard InChI is InChI=1S/C11H16N4S/c1-8-4-6-16-11(14-8)13-7-10-3-5-12-9(2)15-10/h3,5,8H,4,6-7H2,1-2H3,(H,13,14). The van der Waals surface area contributed by atoms with Crippen LogP contribution in [0.25, 0.3) is 0 Å². The van der Waals surface area contributed by atoms with Gasteiger partial charge in [-0.25, -0.2) is 9.97 Å². The molecule has 1 N–H and O–H groups in total. The summed E-state index contributed by atoms with van der Waals surface area (Å²) in [5, 5.41) is 4.41. The summed E-state index contributed by atoms with van der Waals surface area (Å²) in [7, 11) is 0. The number of hydrogen-bond acceptors (Lipinski definition) is 4. The number of thioether (sulfide) groups is 1. The Kier molecular flexibility index (Phi) is 3.77. The predicted molar refractivity (Wildman–Crippen MR) is 67.6 cm³/mol. The van der Waals surface area contributed by atoms with Crippen molar-refractivity contribution in [1.82, 2.24) is 15.3 Å². The van der Waals surface area contributed by atoms with E-state index in [1.165, 1.54) is 6.42 Å². The topological polar surface area (TPSA) is 50.2 Å². The van der Waals surface area contributed by atoms with Gasteiger partial charge in [-0.15, -0.1) is 0 Å². The normalized spacial score (nSPS) is 23.1. The van der Waals surface area contributed by atoms with Crippen LogP contribution in [0.2, 0.25) is 0 Å². The van der Waals surface area contributed by atoms with Crippen molar-refractivity contribution in [3.05, 3.63) is 23.8 Å². The molecule has 4 nitrogen and oxygen atoms in total. The Hall–Kier alpha value is -1.10. The summed E-state index contributed by atoms with van der Waals surface area (Å²) in [5.41, 5.74) is 0.973. The van der Waals surface area contributed by atoms with E-state index in [1.807, 2.05) is 13.0 Å². The smallest absolute Gasteiger partial charge is 0.157 e. The number of nitrogens with one attached hydrogen (secondary N) is 1. The van der Waals surface area contributed by atoms with Crippen LogP contribution in [0.1, 0.15) is 24.9 Å². The average molecular weight is 236 g/mol. The number of amidine groups is 1. The van der Waals surface area contributed by atoms with Gasteiger partial charge in [-0.2, -0.15) is 0 Å². The molecule has 0 saturated carbocycles. The molecule has 1 aromatic rings. The molecule has 0 amide bonds. The Bertz CT molecular complexity index is 391. The molecule has 2 heterocycles. The third-order valence-corrected chi connectivity index (χ3v) is 3.34. The van der Waals surface area contributed by atoms with Gasteiger partial charge in [0, 0.05) is 18.0 Å². The first-order valence-electron chi connectivity index (χ1n) is 5.46. The van der Waals surface area contributed by atoms with E-state index in [2.05, 4.69) is 27.2 Å². The average Bonchev–Trinajstić information content (AvgIpc) is 2.27. The maximum absolute atomic E-state index is 4.52. The van der Waals surface area contributed by atoms with Crippen molar-refractivity contribution in [2.75, 3.05) is 5.75 Å². The maximum atomic E-state index is 4.52. The fourth-order valence-corrected chi connectivity index (χ4v) is 2.60. The Balaban J connectivity index is 1.97. The first-order chi connectivity index (χ1) is 7.74. The minimum Gasteiger partial charge on any atom is -0.362 e. The van der Waals surface area contributed by atoms with Crippen LogP contribution in [0.5, 0.6) is 0 Å². The van der Waals surface area contributed by atoms with E-state index in [1.54, 1.807) is 18.0 Å². The lowest BCUT2D eigenvalue weighted by atomic mass is 10.3. The lowest BCUT2D eigenvalue weighted by molar-refractivity contribution is 0.642. The van der Waals surface area contributed by atoms with Crippen LogP contribution >= 0.6 is 11.8 Å². The molecular weight excluding hydrogens is 220 g/mol. The summed E-state index contributed by atoms with van der Waals surface area (Å²) in [6.07, 6.45) is 2.98. The zero-order valence-electron chi connectivity index (χ0n) is 9.60. The zero-order valence-corrected chi connectivity index (χ0v) is 10.4. The number of aryl methyl sites for hydroxylation is 1. The van der Waals surface area contributed by atoms with Crippen molar-refractivity contribution in [3.63, 3.8) is 0 Å². The quantitative estimate of drug-likeness (QED) is 0.850. The molecule has 2 rings (SSSR count). The van der Waals surface area contributed by atoms with Crippen molar-refractivity contribution >= 4 is 16.9 Å². The van der Waals surface area contributed by atoms with Crippen LogP contribution in [0, 0.1) is 6.92 Å². The molecule has 0 spiro atoms. The summed E-state index contributed by atoms with van der Waals surface area (Å²) >= 11 is 1.79. The van der Waals surface area contributed by atoms with Crippen molar-refractivity contribution in [2.24, 2.45) is 4.99 Å². The summed E-state index contributed by atoms with van der Waals surface area (Å²) in [4.78, 5) is 12.9. The van der Waals surface area contributed by atoms with E-state index in [4.69, 9.17) is 0 Å². The van der Waals surface area contributed by atoms with Gasteiger partial charge in [0.05, 0.1) is 12.2 Å². The highest BCUT2D eigenvalue weighted by molar-refractivity contribution is 8.13. The van der Waals surface area contributed by atoms with Crippen LogP contribution < -0.4 is 5.32 Å². The Morgan fingerprint density at radius 1 is 1.62 bits per heavy atom. The Morgan fingerprint density at radius 3 is 3.25 bits per heavy atom. The number of aromatic nitrogens is 2. The number of hydrogen-bond donors (Lipinski definition) is 1. The van der Waals surface area contributed by atoms with E-state index >= 15 is 0 Å². The van der Waals surface area contributed by atoms with Crippen LogP contribution in [-0.2, 0) is 6.54 Å². The molecule has 1 atom stereocenters. The monoisotopic (exact) mass is 236 g/mol. The lowest BCUT2D eigenvalue weighted by Crippen LogP contribution is -2.35. The summed E-state index contributed by atoms with van der Waals surface area (Å²) < 4.78 is 0. The molecule has 1 unspecified atom stereocenters. The third kappa shape index (κ3) is 3.20. The Labute approximate surface area is 100.0 Å². The van der Waals surface area contributed by atoms with E-state index < -0.39 is 0 Å². The first kappa shape index (κ1) is 11.4. The van der Waals surface area contributed by atoms with Gasteiger partial charge < -0.3 is 5.32 Å². The number of aliphatic imine (C=N–C) groups is 1. The molecule has 0 aliphatic carbocycles. The lowest BCUT2D eigenvalue weighted by Gasteiger charge is -2.21. The van der Waals surface area contributed by atoms with E-state index in [9.17, 15) is 0 Å². The molecule has 5 heteroatoms. The highest BCUT2D eigenvalue weighted by Crippen LogP contribution is 2.14. The molecule has 86 valence electrons. The van der Waals surface area contributed by atoms with Gasteiger partial charge in [0.2, 0.25) is 0 Å². The van der Waals surface area contributed by atoms with E-state index in [0.29, 0.717) is 12.6 Å². The molecule has 1 aliphatic rings. The predicted octanol–water partition coefficient (Wildman–Crippen LogP) is 1.76. The first-order valence-corrected chi connectivity index (χ1v) is 6.45. The number of nitrogens with zero attached hydrogens (tertiary/aromatic N) is 3. The second kappa shape index (κ2) is 5.30. The van der Waals surface area contributed by atoms with Crippen LogP contribution in [0.15, 0.2) is 17.3 Å². The van der Waals surface area contributed by atoms with Gasteiger partial charge in [0.15, 0.2) is 5.17 Å². The summed E-state index contributed by atoms with van der Waals surface area (Å²) in [6.45, 7) is 4.71. The van der Waals surface area contributed by atoms with E-state index in [-0.39, 0.29) is 0 Å². The third-order valence-electron chi connectivity index (χ3n) is 2.38. The van der Waals surface area contributed by atoms with Crippen LogP contribution in [0.4, 0.5) is 0 Å². The van der Waals surface area contributed by atoms with Crippen molar-refractivity contribution in [3.8, 4) is 0 Å². The largest absolute Gasteiger partial charge is 0.362 e. The van der Waals surface area contributed by atoms with Gasteiger partial charge in [0.25, 0.3) is 0 Å². The van der Waals surface area contributed by atoms with Gasteiger partial charge in [-0.1, -0.05) is 11.8 Å². The van der Waals surface area contributed by atoms with Crippen molar-refractivity contribution in [1.29, 1.82) is 0 Å². The molecule has 0 bridgehead atoms. The second-order valence-corrected chi connectivity index (χ2v) is 4.98. The van der Waals surface area contributed by atoms with Gasteiger partial charge in [-0.3, -0.25) is 4.99 Å². The SMILES string of the molecule is Cc1nccc(CN=C2NC(C)CCS2)n1. The van der Waals surface area contributed by atoms with Gasteiger partial charge in [0.1, 0.15) is 5.82 Å². The maximum Gasteiger partial charge on any atom is 0.157 e. The fourth-order valence-electron chi connectivity index (χ4n) is 1.49. The Morgan fingerprint density at radius 2 is 2.50 bits per heavy atom. The molecule has 0 aromatic carbocycles. The van der Waals surface area contributed by atoms with E-state index in [0.717, 1.165) is 22.4 Å².